The Bertz CT molecular complexity index is 343. The van der Waals surface area contributed by atoms with E-state index < -0.39 is 5.97 Å². The number of nitrogens with zero attached hydrogens (tertiary/aromatic N) is 2. The summed E-state index contributed by atoms with van der Waals surface area (Å²) in [7, 11) is 0. The average molecular weight is 208 g/mol. The third kappa shape index (κ3) is 2.28. The Morgan fingerprint density at radius 1 is 1.67 bits per heavy atom. The second kappa shape index (κ2) is 4.33. The van der Waals surface area contributed by atoms with E-state index in [1.165, 1.54) is 6.33 Å². The molecular weight excluding hydrogens is 196 g/mol. The molecule has 0 saturated carbocycles. The molecular formula is C9H12N4O2. The number of carboxylic acids is 1. The van der Waals surface area contributed by atoms with Crippen LogP contribution in [0.3, 0.4) is 0 Å². The largest absolute Gasteiger partial charge is 0.481 e. The number of aliphatic carboxylic acids is 1. The molecule has 0 aliphatic carbocycles. The van der Waals surface area contributed by atoms with Gasteiger partial charge in [-0.3, -0.25) is 10.2 Å². The normalized spacial score (nSPS) is 25.3. The number of rotatable bonds is 3. The molecule has 0 spiro atoms. The van der Waals surface area contributed by atoms with Gasteiger partial charge in [0.15, 0.2) is 0 Å². The Balaban J connectivity index is 2.11. The summed E-state index contributed by atoms with van der Waals surface area (Å²) in [5.41, 5.74) is 6.80. The van der Waals surface area contributed by atoms with Crippen LogP contribution >= 0.6 is 0 Å². The smallest absolute Gasteiger partial charge is 0.303 e. The zero-order valence-electron chi connectivity index (χ0n) is 8.05. The van der Waals surface area contributed by atoms with Gasteiger partial charge in [0.25, 0.3) is 0 Å². The second-order valence-electron chi connectivity index (χ2n) is 3.50. The van der Waals surface area contributed by atoms with Crippen molar-refractivity contribution in [2.75, 3.05) is 6.54 Å². The topological polar surface area (TPSA) is 87.1 Å². The van der Waals surface area contributed by atoms with Crippen molar-refractivity contribution in [3.05, 3.63) is 24.3 Å². The molecule has 2 unspecified atom stereocenters. The molecule has 3 N–H and O–H groups in total. The van der Waals surface area contributed by atoms with Crippen molar-refractivity contribution < 1.29 is 9.90 Å². The Morgan fingerprint density at radius 3 is 3.20 bits per heavy atom. The Kier molecular flexibility index (Phi) is 2.89. The summed E-state index contributed by atoms with van der Waals surface area (Å²) in [4.78, 5) is 18.6. The van der Waals surface area contributed by atoms with Crippen molar-refractivity contribution in [2.24, 2.45) is 5.92 Å². The standard InChI is InChI=1S/C9H12N4O2/c14-8(15)3-6-4-12-13-9(6)7-1-2-10-5-11-7/h1-2,5-6,9,12-13H,3-4H2,(H,14,15). The number of carboxylic acid groups (broad SMARTS) is 1. The predicted octanol–water partition coefficient (Wildman–Crippen LogP) is -0.284. The summed E-state index contributed by atoms with van der Waals surface area (Å²) in [5, 5.41) is 8.75. The maximum absolute atomic E-state index is 10.6. The summed E-state index contributed by atoms with van der Waals surface area (Å²) < 4.78 is 0. The van der Waals surface area contributed by atoms with Gasteiger partial charge >= 0.3 is 5.97 Å². The number of hydrazine groups is 1. The van der Waals surface area contributed by atoms with Gasteiger partial charge in [-0.2, -0.15) is 0 Å². The molecule has 1 aliphatic heterocycles. The van der Waals surface area contributed by atoms with Crippen LogP contribution < -0.4 is 10.9 Å². The van der Waals surface area contributed by atoms with Crippen molar-refractivity contribution in [1.82, 2.24) is 20.8 Å². The van der Waals surface area contributed by atoms with Gasteiger partial charge in [0.1, 0.15) is 6.33 Å². The van der Waals surface area contributed by atoms with Crippen LogP contribution in [0.4, 0.5) is 0 Å². The summed E-state index contributed by atoms with van der Waals surface area (Å²) in [6.45, 7) is 0.640. The fraction of sp³-hybridized carbons (Fsp3) is 0.444. The lowest BCUT2D eigenvalue weighted by Crippen LogP contribution is -2.25. The fourth-order valence-corrected chi connectivity index (χ4v) is 1.75. The van der Waals surface area contributed by atoms with Crippen LogP contribution in [0.1, 0.15) is 18.2 Å². The van der Waals surface area contributed by atoms with Gasteiger partial charge in [-0.05, 0) is 6.07 Å². The molecule has 0 radical (unpaired) electrons. The first-order valence-corrected chi connectivity index (χ1v) is 4.73. The lowest BCUT2D eigenvalue weighted by atomic mass is 9.96. The average Bonchev–Trinajstić information content (AvgIpc) is 2.66. The Hall–Kier alpha value is -1.53. The molecule has 2 atom stereocenters. The van der Waals surface area contributed by atoms with E-state index in [0.717, 1.165) is 5.69 Å². The Labute approximate surface area is 86.7 Å². The molecule has 80 valence electrons. The van der Waals surface area contributed by atoms with Crippen LogP contribution in [0.25, 0.3) is 0 Å². The maximum atomic E-state index is 10.6. The number of hydrogen-bond acceptors (Lipinski definition) is 5. The van der Waals surface area contributed by atoms with E-state index in [2.05, 4.69) is 20.8 Å². The first-order chi connectivity index (χ1) is 7.27. The van der Waals surface area contributed by atoms with Crippen molar-refractivity contribution in [1.29, 1.82) is 0 Å². The second-order valence-corrected chi connectivity index (χ2v) is 3.50. The minimum Gasteiger partial charge on any atom is -0.481 e. The van der Waals surface area contributed by atoms with Crippen LogP contribution in [-0.4, -0.2) is 27.6 Å². The van der Waals surface area contributed by atoms with Gasteiger partial charge in [-0.15, -0.1) is 0 Å². The van der Waals surface area contributed by atoms with Gasteiger partial charge in [-0.1, -0.05) is 0 Å². The third-order valence-electron chi connectivity index (χ3n) is 2.45. The van der Waals surface area contributed by atoms with E-state index in [1.807, 2.05) is 0 Å². The molecule has 0 bridgehead atoms. The van der Waals surface area contributed by atoms with Crippen molar-refractivity contribution in [2.45, 2.75) is 12.5 Å². The number of hydrogen-bond donors (Lipinski definition) is 3. The summed E-state index contributed by atoms with van der Waals surface area (Å²) >= 11 is 0. The van der Waals surface area contributed by atoms with E-state index in [0.29, 0.717) is 6.54 Å². The molecule has 1 aliphatic rings. The molecule has 2 rings (SSSR count). The first-order valence-electron chi connectivity index (χ1n) is 4.73. The first kappa shape index (κ1) is 10.0. The zero-order valence-corrected chi connectivity index (χ0v) is 8.05. The molecule has 15 heavy (non-hydrogen) atoms. The van der Waals surface area contributed by atoms with Crippen molar-refractivity contribution >= 4 is 5.97 Å². The molecule has 2 heterocycles. The van der Waals surface area contributed by atoms with Gasteiger partial charge in [0.2, 0.25) is 0 Å². The lowest BCUT2D eigenvalue weighted by molar-refractivity contribution is -0.138. The SMILES string of the molecule is O=C(O)CC1CNNC1c1ccncn1. The van der Waals surface area contributed by atoms with E-state index in [-0.39, 0.29) is 18.4 Å². The monoisotopic (exact) mass is 208 g/mol. The van der Waals surface area contributed by atoms with E-state index in [9.17, 15) is 4.79 Å². The molecule has 0 aromatic carbocycles. The van der Waals surface area contributed by atoms with Crippen LogP contribution in [0, 0.1) is 5.92 Å². The minimum absolute atomic E-state index is 0.0254. The minimum atomic E-state index is -0.787. The number of aromatic nitrogens is 2. The molecule has 1 saturated heterocycles. The zero-order chi connectivity index (χ0) is 10.7. The summed E-state index contributed by atoms with van der Waals surface area (Å²) in [6.07, 6.45) is 3.25. The molecule has 6 nitrogen and oxygen atoms in total. The molecule has 1 aromatic rings. The fourth-order valence-electron chi connectivity index (χ4n) is 1.75. The van der Waals surface area contributed by atoms with Crippen molar-refractivity contribution in [3.63, 3.8) is 0 Å². The van der Waals surface area contributed by atoms with E-state index >= 15 is 0 Å². The highest BCUT2D eigenvalue weighted by Crippen LogP contribution is 2.25. The Morgan fingerprint density at radius 2 is 2.53 bits per heavy atom. The molecule has 6 heteroatoms. The lowest BCUT2D eigenvalue weighted by Gasteiger charge is -2.15. The van der Waals surface area contributed by atoms with E-state index in [4.69, 9.17) is 5.11 Å². The maximum Gasteiger partial charge on any atom is 0.303 e. The summed E-state index contributed by atoms with van der Waals surface area (Å²) in [5.74, 6) is -0.762. The van der Waals surface area contributed by atoms with Crippen LogP contribution in [0.2, 0.25) is 0 Å². The van der Waals surface area contributed by atoms with Crippen LogP contribution in [0.5, 0.6) is 0 Å². The molecule has 1 fully saturated rings. The van der Waals surface area contributed by atoms with E-state index in [1.54, 1.807) is 12.3 Å². The van der Waals surface area contributed by atoms with Gasteiger partial charge in [-0.25, -0.2) is 15.4 Å². The highest BCUT2D eigenvalue weighted by Gasteiger charge is 2.30. The van der Waals surface area contributed by atoms with Crippen LogP contribution in [-0.2, 0) is 4.79 Å². The third-order valence-corrected chi connectivity index (χ3v) is 2.45. The quantitative estimate of drug-likeness (QED) is 0.633. The molecule has 0 amide bonds. The van der Waals surface area contributed by atoms with Crippen molar-refractivity contribution in [3.8, 4) is 0 Å². The summed E-state index contributed by atoms with van der Waals surface area (Å²) in [6, 6.07) is 1.74. The van der Waals surface area contributed by atoms with Gasteiger partial charge < -0.3 is 5.11 Å². The number of nitrogens with one attached hydrogen (secondary N) is 2. The highest BCUT2D eigenvalue weighted by molar-refractivity contribution is 5.67. The predicted molar refractivity (Wildman–Crippen MR) is 51.7 cm³/mol. The molecule has 1 aromatic heterocycles. The van der Waals surface area contributed by atoms with Gasteiger partial charge in [0.05, 0.1) is 18.2 Å². The highest BCUT2D eigenvalue weighted by atomic mass is 16.4. The van der Waals surface area contributed by atoms with Crippen LogP contribution in [0.15, 0.2) is 18.6 Å². The van der Waals surface area contributed by atoms with Gasteiger partial charge in [0, 0.05) is 18.7 Å². The number of carbonyl (C=O) groups is 1.